The minimum atomic E-state index is 0.266. The third kappa shape index (κ3) is 2.77. The molecule has 1 atom stereocenters. The first-order valence-electron chi connectivity index (χ1n) is 6.82. The lowest BCUT2D eigenvalue weighted by molar-refractivity contribution is 0.715. The monoisotopic (exact) mass is 290 g/mol. The van der Waals surface area contributed by atoms with Crippen molar-refractivity contribution in [2.45, 2.75) is 39.7 Å². The van der Waals surface area contributed by atoms with Crippen molar-refractivity contribution in [3.8, 4) is 0 Å². The summed E-state index contributed by atoms with van der Waals surface area (Å²) in [5, 5.41) is 2.10. The standard InChI is InChI=1S/C15H22N4S/c1-9(2)14-17-13(16)10(3)15(18-14)19(5)11(4)12-7-6-8-20-12/h6-9,11H,1-5H3,(H2,16,17,18). The van der Waals surface area contributed by atoms with Gasteiger partial charge in [-0.1, -0.05) is 19.9 Å². The van der Waals surface area contributed by atoms with Crippen molar-refractivity contribution in [2.24, 2.45) is 0 Å². The van der Waals surface area contributed by atoms with Gasteiger partial charge in [-0.05, 0) is 25.3 Å². The van der Waals surface area contributed by atoms with Crippen LogP contribution in [0.4, 0.5) is 11.6 Å². The van der Waals surface area contributed by atoms with E-state index < -0.39 is 0 Å². The zero-order valence-corrected chi connectivity index (χ0v) is 13.5. The minimum Gasteiger partial charge on any atom is -0.383 e. The van der Waals surface area contributed by atoms with Crippen molar-refractivity contribution in [2.75, 3.05) is 17.7 Å². The van der Waals surface area contributed by atoms with E-state index in [1.165, 1.54) is 4.88 Å². The third-order valence-electron chi connectivity index (χ3n) is 3.56. The zero-order chi connectivity index (χ0) is 14.9. The summed E-state index contributed by atoms with van der Waals surface area (Å²) in [5.74, 6) is 2.56. The van der Waals surface area contributed by atoms with Crippen LogP contribution in [0.25, 0.3) is 0 Å². The van der Waals surface area contributed by atoms with Gasteiger partial charge in [0.15, 0.2) is 0 Å². The lowest BCUT2D eigenvalue weighted by Gasteiger charge is -2.27. The molecular formula is C15H22N4S. The van der Waals surface area contributed by atoms with Crippen LogP contribution >= 0.6 is 11.3 Å². The Bertz CT molecular complexity index is 578. The first kappa shape index (κ1) is 14.8. The van der Waals surface area contributed by atoms with Crippen molar-refractivity contribution in [1.82, 2.24) is 9.97 Å². The molecule has 0 saturated carbocycles. The summed E-state index contributed by atoms with van der Waals surface area (Å²) in [5.41, 5.74) is 6.99. The van der Waals surface area contributed by atoms with Crippen LogP contribution in [0.3, 0.4) is 0 Å². The SMILES string of the molecule is Cc1c(N)nc(C(C)C)nc1N(C)C(C)c1cccs1. The molecule has 4 nitrogen and oxygen atoms in total. The van der Waals surface area contributed by atoms with Gasteiger partial charge in [-0.3, -0.25) is 0 Å². The van der Waals surface area contributed by atoms with E-state index in [0.29, 0.717) is 5.82 Å². The average molecular weight is 290 g/mol. The Morgan fingerprint density at radius 3 is 2.50 bits per heavy atom. The number of aromatic nitrogens is 2. The number of rotatable bonds is 4. The molecule has 0 aromatic carbocycles. The first-order valence-corrected chi connectivity index (χ1v) is 7.70. The van der Waals surface area contributed by atoms with Crippen LogP contribution in [0, 0.1) is 6.92 Å². The molecule has 2 aromatic heterocycles. The first-order chi connectivity index (χ1) is 9.41. The van der Waals surface area contributed by atoms with E-state index in [2.05, 4.69) is 55.2 Å². The molecule has 2 rings (SSSR count). The van der Waals surface area contributed by atoms with Crippen molar-refractivity contribution in [1.29, 1.82) is 0 Å². The molecule has 0 spiro atoms. The van der Waals surface area contributed by atoms with E-state index in [9.17, 15) is 0 Å². The smallest absolute Gasteiger partial charge is 0.137 e. The second-order valence-electron chi connectivity index (χ2n) is 5.37. The van der Waals surface area contributed by atoms with E-state index in [-0.39, 0.29) is 12.0 Å². The summed E-state index contributed by atoms with van der Waals surface area (Å²) < 4.78 is 0. The summed E-state index contributed by atoms with van der Waals surface area (Å²) in [7, 11) is 2.06. The fourth-order valence-electron chi connectivity index (χ4n) is 2.04. The van der Waals surface area contributed by atoms with Gasteiger partial charge in [-0.25, -0.2) is 9.97 Å². The van der Waals surface area contributed by atoms with Gasteiger partial charge >= 0.3 is 0 Å². The Balaban J connectivity index is 2.41. The lowest BCUT2D eigenvalue weighted by atomic mass is 10.1. The third-order valence-corrected chi connectivity index (χ3v) is 4.60. The van der Waals surface area contributed by atoms with E-state index in [1.54, 1.807) is 11.3 Å². The summed E-state index contributed by atoms with van der Waals surface area (Å²) >= 11 is 1.76. The molecule has 0 radical (unpaired) electrons. The van der Waals surface area contributed by atoms with Crippen LogP contribution in [-0.2, 0) is 0 Å². The maximum absolute atomic E-state index is 6.04. The van der Waals surface area contributed by atoms with E-state index >= 15 is 0 Å². The number of thiophene rings is 1. The topological polar surface area (TPSA) is 55.0 Å². The summed E-state index contributed by atoms with van der Waals surface area (Å²) in [6.07, 6.45) is 0. The molecule has 0 aliphatic carbocycles. The molecular weight excluding hydrogens is 268 g/mol. The molecule has 0 amide bonds. The van der Waals surface area contributed by atoms with Gasteiger partial charge in [0.1, 0.15) is 17.5 Å². The number of hydrogen-bond donors (Lipinski definition) is 1. The minimum absolute atomic E-state index is 0.266. The Labute approximate surface area is 124 Å². The van der Waals surface area contributed by atoms with Gasteiger partial charge in [0.25, 0.3) is 0 Å². The molecule has 1 unspecified atom stereocenters. The van der Waals surface area contributed by atoms with Crippen LogP contribution in [0.1, 0.15) is 49.0 Å². The maximum Gasteiger partial charge on any atom is 0.137 e. The molecule has 108 valence electrons. The highest BCUT2D eigenvalue weighted by Crippen LogP contribution is 2.31. The van der Waals surface area contributed by atoms with Crippen molar-refractivity contribution < 1.29 is 0 Å². The fourth-order valence-corrected chi connectivity index (χ4v) is 2.87. The molecule has 2 N–H and O–H groups in total. The van der Waals surface area contributed by atoms with E-state index in [4.69, 9.17) is 10.7 Å². The Morgan fingerprint density at radius 2 is 1.95 bits per heavy atom. The average Bonchev–Trinajstić information content (AvgIpc) is 2.93. The van der Waals surface area contributed by atoms with Crippen LogP contribution in [0.15, 0.2) is 17.5 Å². The zero-order valence-electron chi connectivity index (χ0n) is 12.7. The Morgan fingerprint density at radius 1 is 1.25 bits per heavy atom. The molecule has 0 bridgehead atoms. The van der Waals surface area contributed by atoms with Gasteiger partial charge < -0.3 is 10.6 Å². The number of anilines is 2. The van der Waals surface area contributed by atoms with Crippen LogP contribution < -0.4 is 10.6 Å². The van der Waals surface area contributed by atoms with Crippen molar-refractivity contribution in [3.63, 3.8) is 0 Å². The molecule has 0 saturated heterocycles. The molecule has 5 heteroatoms. The predicted molar refractivity (Wildman–Crippen MR) is 86.4 cm³/mol. The van der Waals surface area contributed by atoms with Gasteiger partial charge in [-0.2, -0.15) is 0 Å². The summed E-state index contributed by atoms with van der Waals surface area (Å²) in [4.78, 5) is 12.6. The normalized spacial score (nSPS) is 12.7. The van der Waals surface area contributed by atoms with E-state index in [1.807, 2.05) is 6.92 Å². The highest BCUT2D eigenvalue weighted by atomic mass is 32.1. The predicted octanol–water partition coefficient (Wildman–Crippen LogP) is 3.75. The van der Waals surface area contributed by atoms with Crippen LogP contribution in [-0.4, -0.2) is 17.0 Å². The number of nitrogen functional groups attached to an aromatic ring is 1. The molecule has 0 fully saturated rings. The summed E-state index contributed by atoms with van der Waals surface area (Å²) in [6, 6.07) is 4.49. The molecule has 2 aromatic rings. The molecule has 0 aliphatic rings. The summed E-state index contributed by atoms with van der Waals surface area (Å²) in [6.45, 7) is 8.32. The maximum atomic E-state index is 6.04. The van der Waals surface area contributed by atoms with Gasteiger partial charge in [-0.15, -0.1) is 11.3 Å². The van der Waals surface area contributed by atoms with Crippen molar-refractivity contribution in [3.05, 3.63) is 33.8 Å². The molecule has 2 heterocycles. The van der Waals surface area contributed by atoms with Gasteiger partial charge in [0, 0.05) is 23.4 Å². The molecule has 20 heavy (non-hydrogen) atoms. The van der Waals surface area contributed by atoms with E-state index in [0.717, 1.165) is 17.2 Å². The fraction of sp³-hybridized carbons (Fsp3) is 0.467. The number of hydrogen-bond acceptors (Lipinski definition) is 5. The Kier molecular flexibility index (Phi) is 4.28. The number of nitrogens with zero attached hydrogens (tertiary/aromatic N) is 3. The highest BCUT2D eigenvalue weighted by molar-refractivity contribution is 7.10. The number of nitrogens with two attached hydrogens (primary N) is 1. The Hall–Kier alpha value is -1.62. The molecule has 0 aliphatic heterocycles. The second-order valence-corrected chi connectivity index (χ2v) is 6.35. The van der Waals surface area contributed by atoms with Gasteiger partial charge in [0.05, 0.1) is 6.04 Å². The quantitative estimate of drug-likeness (QED) is 0.931. The second kappa shape index (κ2) is 5.79. The lowest BCUT2D eigenvalue weighted by Crippen LogP contribution is -2.24. The largest absolute Gasteiger partial charge is 0.383 e. The van der Waals surface area contributed by atoms with Crippen molar-refractivity contribution >= 4 is 23.0 Å². The van der Waals surface area contributed by atoms with Crippen LogP contribution in [0.2, 0.25) is 0 Å². The van der Waals surface area contributed by atoms with Crippen LogP contribution in [0.5, 0.6) is 0 Å². The van der Waals surface area contributed by atoms with Gasteiger partial charge in [0.2, 0.25) is 0 Å². The highest BCUT2D eigenvalue weighted by Gasteiger charge is 2.19.